The predicted molar refractivity (Wildman–Crippen MR) is 95.0 cm³/mol. The molecule has 8 nitrogen and oxygen atoms in total. The molecular weight excluding hydrogens is 358 g/mol. The van der Waals surface area contributed by atoms with Crippen molar-refractivity contribution in [3.63, 3.8) is 0 Å². The minimum Gasteiger partial charge on any atom is -0.477 e. The fraction of sp³-hybridized carbons (Fsp3) is 0.412. The van der Waals surface area contributed by atoms with E-state index in [2.05, 4.69) is 10.4 Å². The molecule has 0 radical (unpaired) electrons. The van der Waals surface area contributed by atoms with Gasteiger partial charge in [-0.3, -0.25) is 9.48 Å². The van der Waals surface area contributed by atoms with Crippen molar-refractivity contribution in [1.29, 1.82) is 0 Å². The Balaban J connectivity index is 1.98. The first-order valence-electron chi connectivity index (χ1n) is 8.23. The molecule has 3 rings (SSSR count). The van der Waals surface area contributed by atoms with Gasteiger partial charge in [-0.1, -0.05) is 6.42 Å². The SMILES string of the molecule is COC(=O)c1c(NC(=O)c2cnn(C)c2C(=O)O)sc2c1CCCCC2. The highest BCUT2D eigenvalue weighted by Crippen LogP contribution is 2.38. The molecule has 138 valence electrons. The van der Waals surface area contributed by atoms with Gasteiger partial charge in [0.2, 0.25) is 0 Å². The van der Waals surface area contributed by atoms with E-state index < -0.39 is 17.8 Å². The van der Waals surface area contributed by atoms with Gasteiger partial charge in [-0.2, -0.15) is 5.10 Å². The Morgan fingerprint density at radius 3 is 2.69 bits per heavy atom. The predicted octanol–water partition coefficient (Wildman–Crippen LogP) is 2.49. The quantitative estimate of drug-likeness (QED) is 0.626. The van der Waals surface area contributed by atoms with Gasteiger partial charge in [0.15, 0.2) is 5.69 Å². The maximum atomic E-state index is 12.6. The second-order valence-electron chi connectivity index (χ2n) is 6.05. The molecule has 0 saturated carbocycles. The van der Waals surface area contributed by atoms with Crippen LogP contribution in [0.2, 0.25) is 0 Å². The van der Waals surface area contributed by atoms with Gasteiger partial charge in [0, 0.05) is 11.9 Å². The number of thiophene rings is 1. The summed E-state index contributed by atoms with van der Waals surface area (Å²) in [5.41, 5.74) is 1.04. The summed E-state index contributed by atoms with van der Waals surface area (Å²) < 4.78 is 6.03. The van der Waals surface area contributed by atoms with Crippen molar-refractivity contribution in [2.45, 2.75) is 32.1 Å². The lowest BCUT2D eigenvalue weighted by molar-refractivity contribution is 0.0600. The number of anilines is 1. The summed E-state index contributed by atoms with van der Waals surface area (Å²) in [5, 5.41) is 16.2. The van der Waals surface area contributed by atoms with Crippen molar-refractivity contribution >= 4 is 34.2 Å². The van der Waals surface area contributed by atoms with Crippen molar-refractivity contribution < 1.29 is 24.2 Å². The van der Waals surface area contributed by atoms with E-state index in [9.17, 15) is 19.5 Å². The molecule has 26 heavy (non-hydrogen) atoms. The lowest BCUT2D eigenvalue weighted by Crippen LogP contribution is -2.18. The van der Waals surface area contributed by atoms with Gasteiger partial charge in [0.1, 0.15) is 5.00 Å². The summed E-state index contributed by atoms with van der Waals surface area (Å²) in [6.45, 7) is 0. The second-order valence-corrected chi connectivity index (χ2v) is 7.16. The fourth-order valence-electron chi connectivity index (χ4n) is 3.18. The average molecular weight is 377 g/mol. The van der Waals surface area contributed by atoms with Gasteiger partial charge in [0.05, 0.1) is 24.4 Å². The van der Waals surface area contributed by atoms with Crippen molar-refractivity contribution in [2.75, 3.05) is 12.4 Å². The van der Waals surface area contributed by atoms with Gasteiger partial charge >= 0.3 is 11.9 Å². The second kappa shape index (κ2) is 7.28. The molecule has 0 bridgehead atoms. The topological polar surface area (TPSA) is 111 Å². The first-order valence-corrected chi connectivity index (χ1v) is 9.05. The Kier molecular flexibility index (Phi) is 5.08. The van der Waals surface area contributed by atoms with E-state index in [0.29, 0.717) is 10.6 Å². The Hall–Kier alpha value is -2.68. The molecule has 2 aromatic heterocycles. The van der Waals surface area contributed by atoms with Gasteiger partial charge in [-0.15, -0.1) is 11.3 Å². The molecule has 0 aromatic carbocycles. The summed E-state index contributed by atoms with van der Waals surface area (Å²) in [6, 6.07) is 0. The molecule has 2 N–H and O–H groups in total. The molecule has 0 unspecified atom stereocenters. The van der Waals surface area contributed by atoms with E-state index in [-0.39, 0.29) is 11.3 Å². The Bertz CT molecular complexity index is 883. The highest BCUT2D eigenvalue weighted by atomic mass is 32.1. The lowest BCUT2D eigenvalue weighted by Gasteiger charge is -2.07. The zero-order valence-electron chi connectivity index (χ0n) is 14.5. The van der Waals surface area contributed by atoms with E-state index in [1.807, 2.05) is 0 Å². The molecule has 0 spiro atoms. The third-order valence-corrected chi connectivity index (χ3v) is 5.63. The number of rotatable bonds is 4. The van der Waals surface area contributed by atoms with Crippen molar-refractivity contribution in [3.05, 3.63) is 33.5 Å². The lowest BCUT2D eigenvalue weighted by atomic mass is 10.1. The van der Waals surface area contributed by atoms with Crippen LogP contribution in [0.4, 0.5) is 5.00 Å². The number of aromatic carboxylic acids is 1. The molecule has 1 aliphatic rings. The number of esters is 1. The van der Waals surface area contributed by atoms with E-state index in [1.54, 1.807) is 0 Å². The number of aryl methyl sites for hydroxylation is 2. The first kappa shape index (κ1) is 18.1. The molecule has 0 saturated heterocycles. The monoisotopic (exact) mass is 377 g/mol. The van der Waals surface area contributed by atoms with Crippen LogP contribution >= 0.6 is 11.3 Å². The van der Waals surface area contributed by atoms with Crippen molar-refractivity contribution in [3.8, 4) is 0 Å². The first-order chi connectivity index (χ1) is 12.4. The van der Waals surface area contributed by atoms with E-state index in [1.165, 1.54) is 31.7 Å². The number of nitrogens with one attached hydrogen (secondary N) is 1. The number of carboxylic acids is 1. The largest absolute Gasteiger partial charge is 0.477 e. The average Bonchev–Trinajstić information content (AvgIpc) is 3.06. The van der Waals surface area contributed by atoms with Crippen molar-refractivity contribution in [2.24, 2.45) is 7.05 Å². The summed E-state index contributed by atoms with van der Waals surface area (Å²) in [4.78, 5) is 37.4. The van der Waals surface area contributed by atoms with Crippen LogP contribution in [-0.4, -0.2) is 39.8 Å². The summed E-state index contributed by atoms with van der Waals surface area (Å²) in [7, 11) is 2.76. The van der Waals surface area contributed by atoms with Crippen LogP contribution in [0.25, 0.3) is 0 Å². The fourth-order valence-corrected chi connectivity index (χ4v) is 4.45. The number of fused-ring (bicyclic) bond motifs is 1. The number of amides is 1. The highest BCUT2D eigenvalue weighted by Gasteiger charge is 2.28. The van der Waals surface area contributed by atoms with E-state index >= 15 is 0 Å². The number of hydrogen-bond acceptors (Lipinski definition) is 6. The third kappa shape index (κ3) is 3.22. The third-order valence-electron chi connectivity index (χ3n) is 4.42. The van der Waals surface area contributed by atoms with Crippen LogP contribution in [0.5, 0.6) is 0 Å². The smallest absolute Gasteiger partial charge is 0.354 e. The van der Waals surface area contributed by atoms with Crippen LogP contribution in [0.3, 0.4) is 0 Å². The van der Waals surface area contributed by atoms with E-state index in [0.717, 1.165) is 47.2 Å². The number of nitrogens with zero attached hydrogens (tertiary/aromatic N) is 2. The summed E-state index contributed by atoms with van der Waals surface area (Å²) in [5.74, 6) is -2.35. The summed E-state index contributed by atoms with van der Waals surface area (Å²) >= 11 is 1.36. The molecular formula is C17H19N3O5S. The van der Waals surface area contributed by atoms with Crippen LogP contribution in [0.1, 0.15) is 60.9 Å². The van der Waals surface area contributed by atoms with Gasteiger partial charge in [-0.25, -0.2) is 9.59 Å². The molecule has 2 aromatic rings. The van der Waals surface area contributed by atoms with Gasteiger partial charge in [0.25, 0.3) is 5.91 Å². The van der Waals surface area contributed by atoms with Crippen LogP contribution in [0.15, 0.2) is 6.20 Å². The Morgan fingerprint density at radius 2 is 2.00 bits per heavy atom. The molecule has 2 heterocycles. The van der Waals surface area contributed by atoms with Crippen LogP contribution in [-0.2, 0) is 24.6 Å². The minimum absolute atomic E-state index is 0.0561. The maximum Gasteiger partial charge on any atom is 0.354 e. The minimum atomic E-state index is -1.25. The standard InChI is InChI=1S/C17H19N3O5S/c1-20-13(16(22)23)10(8-18-20)14(21)19-15-12(17(24)25-2)9-6-4-3-5-7-11(9)26-15/h8H,3-7H2,1-2H3,(H,19,21)(H,22,23). The highest BCUT2D eigenvalue weighted by molar-refractivity contribution is 7.17. The zero-order chi connectivity index (χ0) is 18.8. The zero-order valence-corrected chi connectivity index (χ0v) is 15.3. The number of carbonyl (C=O) groups excluding carboxylic acids is 2. The van der Waals surface area contributed by atoms with Crippen molar-refractivity contribution in [1.82, 2.24) is 9.78 Å². The molecule has 0 aliphatic heterocycles. The number of carboxylic acid groups (broad SMARTS) is 1. The van der Waals surface area contributed by atoms with Gasteiger partial charge in [-0.05, 0) is 31.2 Å². The number of ether oxygens (including phenoxy) is 1. The molecule has 1 aliphatic carbocycles. The summed E-state index contributed by atoms with van der Waals surface area (Å²) in [6.07, 6.45) is 5.93. The maximum absolute atomic E-state index is 12.6. The number of aromatic nitrogens is 2. The molecule has 0 atom stereocenters. The molecule has 1 amide bonds. The van der Waals surface area contributed by atoms with Crippen LogP contribution < -0.4 is 5.32 Å². The Labute approximate surface area is 153 Å². The Morgan fingerprint density at radius 1 is 1.27 bits per heavy atom. The van der Waals surface area contributed by atoms with Gasteiger partial charge < -0.3 is 15.2 Å². The number of hydrogen-bond donors (Lipinski definition) is 2. The number of methoxy groups -OCH3 is 1. The molecule has 0 fully saturated rings. The van der Waals surface area contributed by atoms with Crippen LogP contribution in [0, 0.1) is 0 Å². The number of carbonyl (C=O) groups is 3. The molecule has 9 heteroatoms. The van der Waals surface area contributed by atoms with E-state index in [4.69, 9.17) is 4.74 Å². The normalized spacial score (nSPS) is 13.6.